The van der Waals surface area contributed by atoms with Crippen molar-refractivity contribution in [3.63, 3.8) is 0 Å². The van der Waals surface area contributed by atoms with Crippen LogP contribution in [0.25, 0.3) is 15.6 Å². The van der Waals surface area contributed by atoms with Crippen LogP contribution in [0, 0.1) is 6.57 Å². The number of aromatic nitrogens is 2. The van der Waals surface area contributed by atoms with E-state index in [1.807, 2.05) is 32.2 Å². The summed E-state index contributed by atoms with van der Waals surface area (Å²) >= 11 is 6.76. The zero-order valence-corrected chi connectivity index (χ0v) is 26.2. The molecule has 230 valence electrons. The monoisotopic (exact) mass is 615 g/mol. The van der Waals surface area contributed by atoms with Crippen LogP contribution in [-0.2, 0) is 4.79 Å². The van der Waals surface area contributed by atoms with Crippen molar-refractivity contribution in [3.8, 4) is 11.8 Å². The van der Waals surface area contributed by atoms with Crippen LogP contribution in [0.5, 0.6) is 11.8 Å². The van der Waals surface area contributed by atoms with E-state index in [9.17, 15) is 4.79 Å². The van der Waals surface area contributed by atoms with E-state index < -0.39 is 0 Å². The number of likely N-dealkylation sites (N-methyl/N-ethyl adjacent to an activating group) is 2. The molecule has 2 fully saturated rings. The van der Waals surface area contributed by atoms with Gasteiger partial charge in [0.25, 0.3) is 0 Å². The number of piperazine rings is 1. The maximum Gasteiger partial charge on any atom is 0.320 e. The van der Waals surface area contributed by atoms with Gasteiger partial charge < -0.3 is 33.9 Å². The molecule has 0 aliphatic carbocycles. The first-order valence-corrected chi connectivity index (χ1v) is 15.5. The van der Waals surface area contributed by atoms with E-state index in [4.69, 9.17) is 37.6 Å². The molecule has 1 unspecified atom stereocenters. The number of anilines is 2. The molecule has 10 nitrogen and oxygen atoms in total. The second kappa shape index (κ2) is 12.5. The van der Waals surface area contributed by atoms with Crippen LogP contribution in [0.1, 0.15) is 31.4 Å². The minimum Gasteiger partial charge on any atom is -0.481 e. The molecular formula is C33H38ClN7O3. The lowest BCUT2D eigenvalue weighted by Gasteiger charge is -2.43. The second-order valence-corrected chi connectivity index (χ2v) is 12.2. The normalized spacial score (nSPS) is 23.7. The Hall–Kier alpha value is -4.07. The standard InChI is InChI=1S/C33H38ClN7O3/c1-6-27(42)41-17-16-40(19-24(41)18-35-3)32-30-31(36-33(37-32)43-20-23-12-9-15-38(23)4)39(5)29(21(2)44-30)25-13-7-10-22-11-8-14-26(34)28(22)25/h6-8,10-11,13-14,21,23-24,29H,1,9,12,15-20H2,2,4-5H3/t21-,23-,24-,29?/m0/s1. The van der Waals surface area contributed by atoms with Gasteiger partial charge in [0.15, 0.2) is 11.6 Å². The molecule has 0 saturated carbocycles. The van der Waals surface area contributed by atoms with Crippen LogP contribution in [0.4, 0.5) is 11.6 Å². The number of rotatable bonds is 7. The molecule has 2 saturated heterocycles. The number of hydrogen-bond acceptors (Lipinski definition) is 8. The number of benzene rings is 2. The number of fused-ring (bicyclic) bond motifs is 2. The average molecular weight is 616 g/mol. The quantitative estimate of drug-likeness (QED) is 0.276. The lowest BCUT2D eigenvalue weighted by atomic mass is 9.93. The summed E-state index contributed by atoms with van der Waals surface area (Å²) in [6.45, 7) is 16.3. The van der Waals surface area contributed by atoms with Gasteiger partial charge in [0.1, 0.15) is 18.8 Å². The molecule has 4 heterocycles. The molecule has 0 bridgehead atoms. The Kier molecular flexibility index (Phi) is 8.52. The molecule has 3 aliphatic heterocycles. The highest BCUT2D eigenvalue weighted by Gasteiger charge is 2.40. The predicted molar refractivity (Wildman–Crippen MR) is 173 cm³/mol. The number of carbonyl (C=O) groups is 1. The maximum atomic E-state index is 12.6. The number of halogens is 1. The Morgan fingerprint density at radius 3 is 2.66 bits per heavy atom. The molecule has 0 spiro atoms. The number of carbonyl (C=O) groups excluding carboxylic acids is 1. The summed E-state index contributed by atoms with van der Waals surface area (Å²) < 4.78 is 13.0. The highest BCUT2D eigenvalue weighted by Crippen LogP contribution is 2.47. The number of hydrogen-bond donors (Lipinski definition) is 0. The third-order valence-electron chi connectivity index (χ3n) is 9.13. The fourth-order valence-electron chi connectivity index (χ4n) is 6.84. The molecule has 44 heavy (non-hydrogen) atoms. The van der Waals surface area contributed by atoms with Gasteiger partial charge in [-0.3, -0.25) is 4.79 Å². The lowest BCUT2D eigenvalue weighted by molar-refractivity contribution is -0.128. The number of likely N-dealkylation sites (tertiary alicyclic amines) is 1. The van der Waals surface area contributed by atoms with Crippen molar-refractivity contribution in [2.75, 3.05) is 63.2 Å². The summed E-state index contributed by atoms with van der Waals surface area (Å²) in [7, 11) is 4.14. The molecule has 1 aromatic heterocycles. The molecule has 1 amide bonds. The third kappa shape index (κ3) is 5.51. The average Bonchev–Trinajstić information content (AvgIpc) is 3.44. The van der Waals surface area contributed by atoms with E-state index >= 15 is 0 Å². The van der Waals surface area contributed by atoms with Crippen molar-refractivity contribution >= 4 is 39.9 Å². The van der Waals surface area contributed by atoms with Crippen molar-refractivity contribution in [3.05, 3.63) is 71.1 Å². The van der Waals surface area contributed by atoms with E-state index in [2.05, 4.69) is 51.4 Å². The van der Waals surface area contributed by atoms with Crippen molar-refractivity contribution in [2.45, 2.75) is 44.0 Å². The zero-order chi connectivity index (χ0) is 31.0. The SMILES string of the molecule is [C-]#[N+]C[C@H]1CN(c2nc(OC[C@@H]3CCCN3C)nc3c2O[C@@H](C)C(c2cccc4cccc(Cl)c24)N3C)CCN1C(=O)C=C. The van der Waals surface area contributed by atoms with E-state index in [1.54, 1.807) is 4.90 Å². The van der Waals surface area contributed by atoms with E-state index in [0.29, 0.717) is 54.7 Å². The fraction of sp³-hybridized carbons (Fsp3) is 0.455. The molecule has 0 radical (unpaired) electrons. The van der Waals surface area contributed by atoms with Crippen LogP contribution >= 0.6 is 11.6 Å². The van der Waals surface area contributed by atoms with Gasteiger partial charge in [-0.05, 0) is 56.4 Å². The molecule has 3 aliphatic rings. The summed E-state index contributed by atoms with van der Waals surface area (Å²) in [4.78, 5) is 34.3. The van der Waals surface area contributed by atoms with Crippen molar-refractivity contribution in [1.29, 1.82) is 0 Å². The topological polar surface area (TPSA) is 78.6 Å². The summed E-state index contributed by atoms with van der Waals surface area (Å²) in [6.07, 6.45) is 3.25. The van der Waals surface area contributed by atoms with Gasteiger partial charge in [0.2, 0.25) is 18.2 Å². The minimum absolute atomic E-state index is 0.172. The lowest BCUT2D eigenvalue weighted by Crippen LogP contribution is -2.56. The Bertz CT molecular complexity index is 1600. The van der Waals surface area contributed by atoms with Crippen molar-refractivity contribution in [2.24, 2.45) is 0 Å². The fourth-order valence-corrected chi connectivity index (χ4v) is 7.13. The predicted octanol–water partition coefficient (Wildman–Crippen LogP) is 4.84. The molecule has 11 heteroatoms. The highest BCUT2D eigenvalue weighted by molar-refractivity contribution is 6.35. The van der Waals surface area contributed by atoms with Crippen LogP contribution in [0.15, 0.2) is 49.1 Å². The second-order valence-electron chi connectivity index (χ2n) is 11.8. The zero-order valence-electron chi connectivity index (χ0n) is 25.4. The highest BCUT2D eigenvalue weighted by atomic mass is 35.5. The summed E-state index contributed by atoms with van der Waals surface area (Å²) in [5.74, 6) is 1.63. The van der Waals surface area contributed by atoms with Gasteiger partial charge >= 0.3 is 6.01 Å². The summed E-state index contributed by atoms with van der Waals surface area (Å²) in [5, 5.41) is 2.75. The smallest absolute Gasteiger partial charge is 0.320 e. The van der Waals surface area contributed by atoms with Crippen molar-refractivity contribution < 1.29 is 14.3 Å². The van der Waals surface area contributed by atoms with Crippen molar-refractivity contribution in [1.82, 2.24) is 19.8 Å². The van der Waals surface area contributed by atoms with Gasteiger partial charge in [-0.2, -0.15) is 9.97 Å². The largest absolute Gasteiger partial charge is 0.481 e. The molecular weight excluding hydrogens is 578 g/mol. The van der Waals surface area contributed by atoms with E-state index in [0.717, 1.165) is 35.7 Å². The van der Waals surface area contributed by atoms with Gasteiger partial charge in [0, 0.05) is 43.1 Å². The maximum absolute atomic E-state index is 12.6. The molecule has 3 aromatic rings. The summed E-state index contributed by atoms with van der Waals surface area (Å²) in [6, 6.07) is 12.2. The molecule has 0 N–H and O–H groups in total. The van der Waals surface area contributed by atoms with Crippen LogP contribution < -0.4 is 19.3 Å². The van der Waals surface area contributed by atoms with Crippen LogP contribution in [0.3, 0.4) is 0 Å². The minimum atomic E-state index is -0.307. The van der Waals surface area contributed by atoms with E-state index in [1.165, 1.54) is 6.08 Å². The summed E-state index contributed by atoms with van der Waals surface area (Å²) in [5.41, 5.74) is 1.05. The Morgan fingerprint density at radius 1 is 1.16 bits per heavy atom. The first-order valence-electron chi connectivity index (χ1n) is 15.1. The van der Waals surface area contributed by atoms with Gasteiger partial charge in [-0.15, -0.1) is 0 Å². The van der Waals surface area contributed by atoms with Gasteiger partial charge in [0.05, 0.1) is 6.04 Å². The number of amides is 1. The van der Waals surface area contributed by atoms with Gasteiger partial charge in [-0.1, -0.05) is 48.5 Å². The van der Waals surface area contributed by atoms with Crippen LogP contribution in [-0.4, -0.2) is 97.3 Å². The van der Waals surface area contributed by atoms with Crippen LogP contribution in [0.2, 0.25) is 5.02 Å². The Balaban J connectivity index is 1.40. The first-order chi connectivity index (χ1) is 21.3. The first kappa shape index (κ1) is 30.0. The Labute approximate surface area is 263 Å². The number of nitrogens with zero attached hydrogens (tertiary/aromatic N) is 7. The molecule has 6 rings (SSSR count). The number of ether oxygens (including phenoxy) is 2. The Morgan fingerprint density at radius 2 is 1.93 bits per heavy atom. The molecule has 2 aromatic carbocycles. The van der Waals surface area contributed by atoms with E-state index in [-0.39, 0.29) is 36.7 Å². The third-order valence-corrected chi connectivity index (χ3v) is 9.45. The van der Waals surface area contributed by atoms with Gasteiger partial charge in [-0.25, -0.2) is 6.57 Å². The molecule has 4 atom stereocenters.